The van der Waals surface area contributed by atoms with Gasteiger partial charge in [-0.1, -0.05) is 0 Å². The molecular formula is C9H8BrF3N2O2. The van der Waals surface area contributed by atoms with Crippen molar-refractivity contribution in [2.75, 3.05) is 12.8 Å². The van der Waals surface area contributed by atoms with Crippen LogP contribution in [0.2, 0.25) is 0 Å². The first-order chi connectivity index (χ1) is 7.70. The maximum atomic E-state index is 12.7. The molecule has 0 bridgehead atoms. The number of nitrogen functional groups attached to an aromatic ring is 1. The highest BCUT2D eigenvalue weighted by molar-refractivity contribution is 9.10. The molecule has 8 heteroatoms. The van der Waals surface area contributed by atoms with Crippen LogP contribution in [0.25, 0.3) is 0 Å². The molecule has 1 aromatic heterocycles. The molecule has 0 radical (unpaired) electrons. The highest BCUT2D eigenvalue weighted by Crippen LogP contribution is 2.39. The second kappa shape index (κ2) is 4.52. The molecule has 17 heavy (non-hydrogen) atoms. The molecule has 0 unspecified atom stereocenters. The van der Waals surface area contributed by atoms with Crippen LogP contribution in [-0.2, 0) is 10.9 Å². The Bertz CT molecular complexity index is 474. The maximum absolute atomic E-state index is 12.7. The fourth-order valence-electron chi connectivity index (χ4n) is 1.26. The highest BCUT2D eigenvalue weighted by Gasteiger charge is 2.37. The minimum absolute atomic E-state index is 0.264. The lowest BCUT2D eigenvalue weighted by Crippen LogP contribution is -2.17. The molecule has 0 aliphatic carbocycles. The number of anilines is 1. The van der Waals surface area contributed by atoms with E-state index in [1.807, 2.05) is 0 Å². The largest absolute Gasteiger partial charge is 0.464 e. The molecule has 0 fully saturated rings. The van der Waals surface area contributed by atoms with Gasteiger partial charge in [0.05, 0.1) is 18.4 Å². The lowest BCUT2D eigenvalue weighted by atomic mass is 10.1. The molecule has 1 rings (SSSR count). The molecule has 0 spiro atoms. The fourth-order valence-corrected chi connectivity index (χ4v) is 1.96. The van der Waals surface area contributed by atoms with Gasteiger partial charge in [-0.05, 0) is 28.4 Å². The predicted octanol–water partition coefficient (Wildman–Crippen LogP) is 2.54. The van der Waals surface area contributed by atoms with E-state index in [4.69, 9.17) is 5.73 Å². The normalized spacial score (nSPS) is 11.4. The van der Waals surface area contributed by atoms with E-state index < -0.39 is 22.3 Å². The van der Waals surface area contributed by atoms with Crippen molar-refractivity contribution in [3.05, 3.63) is 21.4 Å². The van der Waals surface area contributed by atoms with Gasteiger partial charge < -0.3 is 10.5 Å². The molecule has 0 saturated heterocycles. The quantitative estimate of drug-likeness (QED) is 0.639. The molecule has 94 valence electrons. The Labute approximate surface area is 103 Å². The molecule has 2 N–H and O–H groups in total. The lowest BCUT2D eigenvalue weighted by molar-refractivity contribution is -0.138. The number of rotatable bonds is 1. The first-order valence-electron chi connectivity index (χ1n) is 4.31. The van der Waals surface area contributed by atoms with E-state index in [2.05, 4.69) is 25.7 Å². The second-order valence-electron chi connectivity index (χ2n) is 3.15. The van der Waals surface area contributed by atoms with Gasteiger partial charge in [-0.3, -0.25) is 0 Å². The van der Waals surface area contributed by atoms with Gasteiger partial charge in [0.15, 0.2) is 5.69 Å². The molecule has 1 aromatic rings. The summed E-state index contributed by atoms with van der Waals surface area (Å²) in [7, 11) is 1.09. The average molecular weight is 313 g/mol. The zero-order valence-corrected chi connectivity index (χ0v) is 10.4. The summed E-state index contributed by atoms with van der Waals surface area (Å²) in [5, 5.41) is 0. The molecule has 1 heterocycles. The number of carbonyl (C=O) groups excluding carboxylic acids is 1. The van der Waals surface area contributed by atoms with Crippen molar-refractivity contribution in [3.8, 4) is 0 Å². The van der Waals surface area contributed by atoms with Crippen molar-refractivity contribution in [2.24, 2.45) is 0 Å². The van der Waals surface area contributed by atoms with Crippen LogP contribution in [0.1, 0.15) is 21.6 Å². The number of hydrogen-bond donors (Lipinski definition) is 1. The fraction of sp³-hybridized carbons (Fsp3) is 0.333. The Morgan fingerprint density at radius 3 is 2.41 bits per heavy atom. The minimum Gasteiger partial charge on any atom is -0.464 e. The maximum Gasteiger partial charge on any atom is 0.419 e. The van der Waals surface area contributed by atoms with E-state index in [9.17, 15) is 18.0 Å². The van der Waals surface area contributed by atoms with Crippen molar-refractivity contribution >= 4 is 27.6 Å². The van der Waals surface area contributed by atoms with Gasteiger partial charge in [0.25, 0.3) is 0 Å². The Morgan fingerprint density at radius 2 is 2.00 bits per heavy atom. The number of hydrogen-bond acceptors (Lipinski definition) is 4. The van der Waals surface area contributed by atoms with Gasteiger partial charge >= 0.3 is 12.1 Å². The van der Waals surface area contributed by atoms with E-state index >= 15 is 0 Å². The first kappa shape index (κ1) is 13.8. The third-order valence-corrected chi connectivity index (χ3v) is 2.69. The smallest absolute Gasteiger partial charge is 0.419 e. The van der Waals surface area contributed by atoms with Gasteiger partial charge in [-0.2, -0.15) is 13.2 Å². The minimum atomic E-state index is -4.60. The summed E-state index contributed by atoms with van der Waals surface area (Å²) in [5.74, 6) is -0.889. The number of ether oxygens (including phenoxy) is 1. The predicted molar refractivity (Wildman–Crippen MR) is 57.4 cm³/mol. The number of alkyl halides is 3. The van der Waals surface area contributed by atoms with E-state index in [0.717, 1.165) is 14.0 Å². The standard InChI is InChI=1S/C9H8BrF3N2O2/c1-3-4(9(11,12)13)7(10)15-6(5(3)14)8(16)17-2/h14H2,1-2H3. The first-order valence-corrected chi connectivity index (χ1v) is 5.10. The van der Waals surface area contributed by atoms with Gasteiger partial charge in [-0.15, -0.1) is 0 Å². The number of carbonyl (C=O) groups is 1. The van der Waals surface area contributed by atoms with Crippen LogP contribution in [0.3, 0.4) is 0 Å². The number of halogens is 4. The third-order valence-electron chi connectivity index (χ3n) is 2.11. The number of methoxy groups -OCH3 is 1. The Morgan fingerprint density at radius 1 is 1.47 bits per heavy atom. The Kier molecular flexibility index (Phi) is 3.65. The van der Waals surface area contributed by atoms with Gasteiger partial charge in [-0.25, -0.2) is 9.78 Å². The van der Waals surface area contributed by atoms with Crippen molar-refractivity contribution in [1.82, 2.24) is 4.98 Å². The van der Waals surface area contributed by atoms with Crippen molar-refractivity contribution in [2.45, 2.75) is 13.1 Å². The molecule has 0 saturated carbocycles. The van der Waals surface area contributed by atoms with Crippen LogP contribution in [0, 0.1) is 6.92 Å². The van der Waals surface area contributed by atoms with E-state index in [1.54, 1.807) is 0 Å². The van der Waals surface area contributed by atoms with Crippen LogP contribution >= 0.6 is 15.9 Å². The van der Waals surface area contributed by atoms with Gasteiger partial charge in [0, 0.05) is 0 Å². The number of aromatic nitrogens is 1. The van der Waals surface area contributed by atoms with Crippen molar-refractivity contribution in [1.29, 1.82) is 0 Å². The summed E-state index contributed by atoms with van der Waals surface area (Å²) in [4.78, 5) is 14.7. The Hall–Kier alpha value is -1.31. The average Bonchev–Trinajstić information content (AvgIpc) is 2.20. The molecular weight excluding hydrogens is 305 g/mol. The molecule has 0 aliphatic heterocycles. The number of esters is 1. The van der Waals surface area contributed by atoms with E-state index in [-0.39, 0.29) is 16.9 Å². The summed E-state index contributed by atoms with van der Waals surface area (Å²) < 4.78 is 41.9. The molecule has 0 atom stereocenters. The molecule has 0 aliphatic rings. The number of nitrogens with zero attached hydrogens (tertiary/aromatic N) is 1. The van der Waals surface area contributed by atoms with Crippen LogP contribution < -0.4 is 5.73 Å². The SMILES string of the molecule is COC(=O)c1nc(Br)c(C(F)(F)F)c(C)c1N. The van der Waals surface area contributed by atoms with Crippen LogP contribution in [0.15, 0.2) is 4.60 Å². The van der Waals surface area contributed by atoms with Gasteiger partial charge in [0.1, 0.15) is 4.60 Å². The number of nitrogens with two attached hydrogens (primary N) is 1. The Balaban J connectivity index is 3.53. The van der Waals surface area contributed by atoms with Crippen LogP contribution in [0.5, 0.6) is 0 Å². The summed E-state index contributed by atoms with van der Waals surface area (Å²) >= 11 is 2.67. The summed E-state index contributed by atoms with van der Waals surface area (Å²) in [6, 6.07) is 0. The summed E-state index contributed by atoms with van der Waals surface area (Å²) in [6.07, 6.45) is -4.60. The molecule has 0 amide bonds. The monoisotopic (exact) mass is 312 g/mol. The highest BCUT2D eigenvalue weighted by atomic mass is 79.9. The summed E-state index contributed by atoms with van der Waals surface area (Å²) in [6.45, 7) is 1.16. The van der Waals surface area contributed by atoms with E-state index in [0.29, 0.717) is 0 Å². The lowest BCUT2D eigenvalue weighted by Gasteiger charge is -2.15. The van der Waals surface area contributed by atoms with Gasteiger partial charge in [0.2, 0.25) is 0 Å². The van der Waals surface area contributed by atoms with Crippen LogP contribution in [0.4, 0.5) is 18.9 Å². The van der Waals surface area contributed by atoms with Crippen molar-refractivity contribution < 1.29 is 22.7 Å². The number of pyridine rings is 1. The van der Waals surface area contributed by atoms with Crippen LogP contribution in [-0.4, -0.2) is 18.1 Å². The van der Waals surface area contributed by atoms with E-state index in [1.165, 1.54) is 0 Å². The molecule has 4 nitrogen and oxygen atoms in total. The molecule has 0 aromatic carbocycles. The van der Waals surface area contributed by atoms with Crippen molar-refractivity contribution in [3.63, 3.8) is 0 Å². The second-order valence-corrected chi connectivity index (χ2v) is 3.91. The zero-order chi connectivity index (χ0) is 13.4. The topological polar surface area (TPSA) is 65.2 Å². The summed E-state index contributed by atoms with van der Waals surface area (Å²) in [5.41, 5.74) is 3.50. The zero-order valence-electron chi connectivity index (χ0n) is 8.85. The third kappa shape index (κ3) is 2.51.